The quantitative estimate of drug-likeness (QED) is 0.901. The number of benzene rings is 1. The lowest BCUT2D eigenvalue weighted by molar-refractivity contribution is -0.137. The van der Waals surface area contributed by atoms with Crippen LogP contribution in [-0.4, -0.2) is 31.2 Å². The van der Waals surface area contributed by atoms with E-state index in [0.717, 1.165) is 18.6 Å². The van der Waals surface area contributed by atoms with Gasteiger partial charge in [0, 0.05) is 17.8 Å². The maximum atomic E-state index is 12.9. The van der Waals surface area contributed by atoms with Gasteiger partial charge in [0.05, 0.1) is 24.3 Å². The minimum absolute atomic E-state index is 0.0616. The molecule has 108 valence electrons. The number of carbonyl (C=O) groups excluding carboxylic acids is 1. The molecule has 2 bridgehead atoms. The predicted octanol–water partition coefficient (Wildman–Crippen LogP) is 1.78. The van der Waals surface area contributed by atoms with Gasteiger partial charge in [0.15, 0.2) is 0 Å². The molecule has 0 aliphatic carbocycles. The van der Waals surface area contributed by atoms with Crippen LogP contribution in [0, 0.1) is 0 Å². The van der Waals surface area contributed by atoms with Crippen LogP contribution < -0.4 is 10.6 Å². The first-order valence-electron chi connectivity index (χ1n) is 6.25. The van der Waals surface area contributed by atoms with Gasteiger partial charge < -0.3 is 15.4 Å². The molecule has 0 radical (unpaired) electrons. The van der Waals surface area contributed by atoms with Crippen molar-refractivity contribution in [3.05, 3.63) is 29.3 Å². The average Bonchev–Trinajstić information content (AvgIpc) is 2.99. The van der Waals surface area contributed by atoms with Crippen molar-refractivity contribution in [1.29, 1.82) is 0 Å². The summed E-state index contributed by atoms with van der Waals surface area (Å²) in [6, 6.07) is 3.34. The van der Waals surface area contributed by atoms with Crippen LogP contribution in [0.3, 0.4) is 0 Å². The molecule has 2 aliphatic heterocycles. The summed E-state index contributed by atoms with van der Waals surface area (Å²) in [4.78, 5) is 13.1. The van der Waals surface area contributed by atoms with Gasteiger partial charge in [-0.1, -0.05) is 0 Å². The molecule has 2 heterocycles. The predicted molar refractivity (Wildman–Crippen MR) is 65.5 cm³/mol. The molecular formula is C13H13F3N2O2. The Morgan fingerprint density at radius 2 is 2.10 bits per heavy atom. The summed E-state index contributed by atoms with van der Waals surface area (Å²) in [6.07, 6.45) is -3.64. The van der Waals surface area contributed by atoms with E-state index in [0.29, 0.717) is 18.8 Å². The number of primary amides is 1. The third-order valence-corrected chi connectivity index (χ3v) is 3.76. The number of hydrogen-bond donors (Lipinski definition) is 1. The number of halogens is 3. The first-order chi connectivity index (χ1) is 9.34. The smallest absolute Gasteiger partial charge is 0.374 e. The van der Waals surface area contributed by atoms with Gasteiger partial charge in [-0.3, -0.25) is 4.79 Å². The number of amides is 1. The topological polar surface area (TPSA) is 55.6 Å². The SMILES string of the molecule is NC(=O)c1cc(N2CC3CC2CO3)cc(C(F)(F)F)c1. The van der Waals surface area contributed by atoms with Crippen molar-refractivity contribution in [2.75, 3.05) is 18.1 Å². The Balaban J connectivity index is 2.02. The number of morpholine rings is 1. The van der Waals surface area contributed by atoms with Crippen molar-refractivity contribution in [2.24, 2.45) is 5.73 Å². The highest BCUT2D eigenvalue weighted by molar-refractivity contribution is 5.94. The highest BCUT2D eigenvalue weighted by Gasteiger charge is 2.40. The molecule has 2 N–H and O–H groups in total. The summed E-state index contributed by atoms with van der Waals surface area (Å²) in [5.74, 6) is -0.863. The van der Waals surface area contributed by atoms with Crippen LogP contribution in [0.5, 0.6) is 0 Å². The van der Waals surface area contributed by atoms with Crippen LogP contribution in [-0.2, 0) is 10.9 Å². The second kappa shape index (κ2) is 4.37. The van der Waals surface area contributed by atoms with Gasteiger partial charge in [-0.2, -0.15) is 13.2 Å². The Morgan fingerprint density at radius 3 is 2.60 bits per heavy atom. The van der Waals surface area contributed by atoms with E-state index in [4.69, 9.17) is 10.5 Å². The van der Waals surface area contributed by atoms with E-state index < -0.39 is 17.6 Å². The summed E-state index contributed by atoms with van der Waals surface area (Å²) in [5, 5.41) is 0. The Kier molecular flexibility index (Phi) is 2.89. The molecule has 3 rings (SSSR count). The number of nitrogens with zero attached hydrogens (tertiary/aromatic N) is 1. The molecule has 20 heavy (non-hydrogen) atoms. The molecule has 0 spiro atoms. The molecule has 2 fully saturated rings. The van der Waals surface area contributed by atoms with Gasteiger partial charge in [-0.05, 0) is 24.6 Å². The number of nitrogens with two attached hydrogens (primary N) is 1. The Hall–Kier alpha value is -1.76. The monoisotopic (exact) mass is 286 g/mol. The molecule has 2 saturated heterocycles. The van der Waals surface area contributed by atoms with Crippen LogP contribution >= 0.6 is 0 Å². The lowest BCUT2D eigenvalue weighted by Crippen LogP contribution is -2.37. The molecule has 2 aliphatic rings. The zero-order valence-corrected chi connectivity index (χ0v) is 10.5. The van der Waals surface area contributed by atoms with Crippen LogP contribution in [0.4, 0.5) is 18.9 Å². The zero-order valence-electron chi connectivity index (χ0n) is 10.5. The second-order valence-corrected chi connectivity index (χ2v) is 5.13. The van der Waals surface area contributed by atoms with Crippen LogP contribution in [0.25, 0.3) is 0 Å². The first kappa shape index (κ1) is 13.2. The molecule has 4 nitrogen and oxygen atoms in total. The summed E-state index contributed by atoms with van der Waals surface area (Å²) in [7, 11) is 0. The van der Waals surface area contributed by atoms with Crippen LogP contribution in [0.1, 0.15) is 22.3 Å². The lowest BCUT2D eigenvalue weighted by Gasteiger charge is -2.29. The zero-order chi connectivity index (χ0) is 14.5. The fourth-order valence-corrected chi connectivity index (χ4v) is 2.80. The van der Waals surface area contributed by atoms with E-state index in [2.05, 4.69) is 0 Å². The van der Waals surface area contributed by atoms with E-state index in [-0.39, 0.29) is 17.7 Å². The minimum atomic E-state index is -4.50. The van der Waals surface area contributed by atoms with E-state index in [1.807, 2.05) is 4.90 Å². The Labute approximate surface area is 113 Å². The number of ether oxygens (including phenoxy) is 1. The Bertz CT molecular complexity index is 559. The number of hydrogen-bond acceptors (Lipinski definition) is 3. The van der Waals surface area contributed by atoms with E-state index >= 15 is 0 Å². The minimum Gasteiger partial charge on any atom is -0.374 e. The second-order valence-electron chi connectivity index (χ2n) is 5.13. The van der Waals surface area contributed by atoms with Crippen molar-refractivity contribution >= 4 is 11.6 Å². The number of fused-ring (bicyclic) bond motifs is 2. The summed E-state index contributed by atoms with van der Waals surface area (Å²) >= 11 is 0. The van der Waals surface area contributed by atoms with Gasteiger partial charge in [0.25, 0.3) is 0 Å². The molecule has 2 unspecified atom stereocenters. The van der Waals surface area contributed by atoms with Crippen molar-refractivity contribution in [3.8, 4) is 0 Å². The van der Waals surface area contributed by atoms with Gasteiger partial charge >= 0.3 is 6.18 Å². The molecule has 1 aromatic carbocycles. The van der Waals surface area contributed by atoms with E-state index in [9.17, 15) is 18.0 Å². The highest BCUT2D eigenvalue weighted by atomic mass is 19.4. The number of anilines is 1. The molecule has 2 atom stereocenters. The third-order valence-electron chi connectivity index (χ3n) is 3.76. The molecule has 0 aromatic heterocycles. The van der Waals surface area contributed by atoms with Crippen molar-refractivity contribution < 1.29 is 22.7 Å². The summed E-state index contributed by atoms with van der Waals surface area (Å²) in [5.41, 5.74) is 4.52. The van der Waals surface area contributed by atoms with E-state index in [1.165, 1.54) is 6.07 Å². The van der Waals surface area contributed by atoms with Gasteiger partial charge in [0.1, 0.15) is 0 Å². The maximum absolute atomic E-state index is 12.9. The summed E-state index contributed by atoms with van der Waals surface area (Å²) < 4.78 is 44.1. The van der Waals surface area contributed by atoms with Crippen molar-refractivity contribution in [2.45, 2.75) is 24.7 Å². The van der Waals surface area contributed by atoms with Crippen LogP contribution in [0.2, 0.25) is 0 Å². The Morgan fingerprint density at radius 1 is 1.35 bits per heavy atom. The molecule has 7 heteroatoms. The van der Waals surface area contributed by atoms with Gasteiger partial charge in [-0.25, -0.2) is 0 Å². The highest BCUT2D eigenvalue weighted by Crippen LogP contribution is 2.37. The normalized spacial score (nSPS) is 25.2. The average molecular weight is 286 g/mol. The largest absolute Gasteiger partial charge is 0.416 e. The van der Waals surface area contributed by atoms with Crippen molar-refractivity contribution in [1.82, 2.24) is 0 Å². The number of rotatable bonds is 2. The fourth-order valence-electron chi connectivity index (χ4n) is 2.80. The van der Waals surface area contributed by atoms with E-state index in [1.54, 1.807) is 0 Å². The van der Waals surface area contributed by atoms with Crippen LogP contribution in [0.15, 0.2) is 18.2 Å². The maximum Gasteiger partial charge on any atom is 0.416 e. The standard InChI is InChI=1S/C13H13F3N2O2/c14-13(15,16)8-1-7(12(17)19)2-9(3-8)18-5-11-4-10(18)6-20-11/h1-3,10-11H,4-6H2,(H2,17,19). The lowest BCUT2D eigenvalue weighted by atomic mass is 10.1. The number of carbonyl (C=O) groups is 1. The first-order valence-corrected chi connectivity index (χ1v) is 6.25. The molecule has 1 aromatic rings. The summed E-state index contributed by atoms with van der Waals surface area (Å²) in [6.45, 7) is 1.05. The van der Waals surface area contributed by atoms with Crippen molar-refractivity contribution in [3.63, 3.8) is 0 Å². The van der Waals surface area contributed by atoms with Gasteiger partial charge in [-0.15, -0.1) is 0 Å². The third kappa shape index (κ3) is 2.22. The fraction of sp³-hybridized carbons (Fsp3) is 0.462. The van der Waals surface area contributed by atoms with Gasteiger partial charge in [0.2, 0.25) is 5.91 Å². The number of alkyl halides is 3. The molecular weight excluding hydrogens is 273 g/mol. The molecule has 1 amide bonds. The molecule has 0 saturated carbocycles.